The molecule has 1 saturated carbocycles. The maximum Gasteiger partial charge on any atom is 0.0406 e. The lowest BCUT2D eigenvalue weighted by Gasteiger charge is -2.25. The van der Waals surface area contributed by atoms with Gasteiger partial charge in [-0.15, -0.1) is 0 Å². The maximum atomic E-state index is 5.84. The molecule has 0 radical (unpaired) electrons. The predicted octanol–water partition coefficient (Wildman–Crippen LogP) is 5.46. The summed E-state index contributed by atoms with van der Waals surface area (Å²) in [7, 11) is 0. The molecular weight excluding hydrogens is 252 g/mol. The van der Waals surface area contributed by atoms with Crippen molar-refractivity contribution >= 4 is 11.6 Å². The molecule has 0 aromatic heterocycles. The molecule has 0 aliphatic heterocycles. The zero-order valence-corrected chi connectivity index (χ0v) is 12.3. The minimum absolute atomic E-state index is 0.738. The van der Waals surface area contributed by atoms with Crippen LogP contribution in [0, 0.1) is 23.7 Å². The fourth-order valence-electron chi connectivity index (χ4n) is 2.63. The SMILES string of the molecule is CC[C@H]1CC[C@H](C=CC#Cc2ccc(Cl)cc2)CC1. The molecule has 0 heterocycles. The zero-order chi connectivity index (χ0) is 13.5. The number of allylic oxidation sites excluding steroid dienone is 2. The van der Waals surface area contributed by atoms with Crippen LogP contribution in [0.25, 0.3) is 0 Å². The molecule has 0 atom stereocenters. The summed E-state index contributed by atoms with van der Waals surface area (Å²) in [5, 5.41) is 0.758. The molecular formula is C18H21Cl. The molecule has 1 heteroatoms. The minimum atomic E-state index is 0.738. The van der Waals surface area contributed by atoms with Gasteiger partial charge in [0.25, 0.3) is 0 Å². The molecule has 1 fully saturated rings. The van der Waals surface area contributed by atoms with Crippen molar-refractivity contribution in [1.29, 1.82) is 0 Å². The average Bonchev–Trinajstić information content (AvgIpc) is 2.46. The van der Waals surface area contributed by atoms with Gasteiger partial charge in [-0.25, -0.2) is 0 Å². The molecule has 19 heavy (non-hydrogen) atoms. The minimum Gasteiger partial charge on any atom is -0.0843 e. The molecule has 1 aromatic carbocycles. The summed E-state index contributed by atoms with van der Waals surface area (Å²) < 4.78 is 0. The Morgan fingerprint density at radius 3 is 2.47 bits per heavy atom. The van der Waals surface area contributed by atoms with Gasteiger partial charge in [-0.2, -0.15) is 0 Å². The van der Waals surface area contributed by atoms with E-state index in [4.69, 9.17) is 11.6 Å². The summed E-state index contributed by atoms with van der Waals surface area (Å²) in [6, 6.07) is 7.66. The van der Waals surface area contributed by atoms with Crippen molar-refractivity contribution in [2.45, 2.75) is 39.0 Å². The van der Waals surface area contributed by atoms with Crippen LogP contribution in [0.15, 0.2) is 36.4 Å². The lowest BCUT2D eigenvalue weighted by Crippen LogP contribution is -2.11. The smallest absolute Gasteiger partial charge is 0.0406 e. The molecule has 0 nitrogen and oxygen atoms in total. The Kier molecular flexibility index (Phi) is 5.55. The Hall–Kier alpha value is -1.19. The summed E-state index contributed by atoms with van der Waals surface area (Å²) in [5.41, 5.74) is 1.02. The van der Waals surface area contributed by atoms with Crippen molar-refractivity contribution in [2.24, 2.45) is 11.8 Å². The Morgan fingerprint density at radius 2 is 1.84 bits per heavy atom. The van der Waals surface area contributed by atoms with Crippen LogP contribution in [0.4, 0.5) is 0 Å². The van der Waals surface area contributed by atoms with Gasteiger partial charge in [0.1, 0.15) is 0 Å². The van der Waals surface area contributed by atoms with Gasteiger partial charge in [-0.1, -0.05) is 42.9 Å². The molecule has 0 bridgehead atoms. The van der Waals surface area contributed by atoms with Gasteiger partial charge in [-0.05, 0) is 67.9 Å². The van der Waals surface area contributed by atoms with Crippen LogP contribution >= 0.6 is 11.6 Å². The van der Waals surface area contributed by atoms with E-state index < -0.39 is 0 Å². The van der Waals surface area contributed by atoms with Gasteiger partial charge >= 0.3 is 0 Å². The standard InChI is InChI=1S/C18H21Cl/c1-2-15-7-9-16(10-8-15)5-3-4-6-17-11-13-18(19)14-12-17/h3,5,11-16H,2,7-10H2,1H3/t15-,16-. The fourth-order valence-corrected chi connectivity index (χ4v) is 2.76. The third kappa shape index (κ3) is 4.77. The number of halogens is 1. The van der Waals surface area contributed by atoms with E-state index in [0.717, 1.165) is 22.4 Å². The van der Waals surface area contributed by atoms with Crippen LogP contribution in [-0.4, -0.2) is 0 Å². The molecule has 2 rings (SSSR count). The topological polar surface area (TPSA) is 0 Å². The van der Waals surface area contributed by atoms with E-state index in [1.54, 1.807) is 0 Å². The van der Waals surface area contributed by atoms with Crippen LogP contribution < -0.4 is 0 Å². The van der Waals surface area contributed by atoms with E-state index >= 15 is 0 Å². The summed E-state index contributed by atoms with van der Waals surface area (Å²) in [5.74, 6) is 7.96. The monoisotopic (exact) mass is 272 g/mol. The molecule has 0 unspecified atom stereocenters. The highest BCUT2D eigenvalue weighted by atomic mass is 35.5. The average molecular weight is 273 g/mol. The van der Waals surface area contributed by atoms with Gasteiger partial charge in [0.05, 0.1) is 0 Å². The van der Waals surface area contributed by atoms with Crippen LogP contribution in [0.5, 0.6) is 0 Å². The molecule has 0 N–H and O–H groups in total. The Balaban J connectivity index is 1.82. The highest BCUT2D eigenvalue weighted by Crippen LogP contribution is 2.31. The third-order valence-corrected chi connectivity index (χ3v) is 4.23. The fraction of sp³-hybridized carbons (Fsp3) is 0.444. The van der Waals surface area contributed by atoms with Crippen molar-refractivity contribution in [3.63, 3.8) is 0 Å². The number of hydrogen-bond acceptors (Lipinski definition) is 0. The normalized spacial score (nSPS) is 23.1. The van der Waals surface area contributed by atoms with Gasteiger partial charge in [0.2, 0.25) is 0 Å². The highest BCUT2D eigenvalue weighted by Gasteiger charge is 2.17. The number of hydrogen-bond donors (Lipinski definition) is 0. The van der Waals surface area contributed by atoms with Crippen molar-refractivity contribution in [3.05, 3.63) is 47.0 Å². The first-order chi connectivity index (χ1) is 9.28. The van der Waals surface area contributed by atoms with Crippen LogP contribution in [0.3, 0.4) is 0 Å². The van der Waals surface area contributed by atoms with Crippen molar-refractivity contribution in [3.8, 4) is 11.8 Å². The Morgan fingerprint density at radius 1 is 1.16 bits per heavy atom. The van der Waals surface area contributed by atoms with Gasteiger partial charge in [0.15, 0.2) is 0 Å². The van der Waals surface area contributed by atoms with Gasteiger partial charge in [-0.3, -0.25) is 0 Å². The van der Waals surface area contributed by atoms with Crippen LogP contribution in [0.1, 0.15) is 44.6 Å². The van der Waals surface area contributed by atoms with E-state index in [-0.39, 0.29) is 0 Å². The molecule has 100 valence electrons. The van der Waals surface area contributed by atoms with Crippen LogP contribution in [0.2, 0.25) is 5.02 Å². The van der Waals surface area contributed by atoms with Crippen molar-refractivity contribution in [1.82, 2.24) is 0 Å². The van der Waals surface area contributed by atoms with E-state index in [9.17, 15) is 0 Å². The highest BCUT2D eigenvalue weighted by molar-refractivity contribution is 6.30. The predicted molar refractivity (Wildman–Crippen MR) is 83.2 cm³/mol. The molecule has 1 aliphatic carbocycles. The van der Waals surface area contributed by atoms with E-state index in [1.807, 2.05) is 30.3 Å². The number of rotatable bonds is 2. The summed E-state index contributed by atoms with van der Waals surface area (Å²) in [4.78, 5) is 0. The number of benzene rings is 1. The summed E-state index contributed by atoms with van der Waals surface area (Å²) in [6.07, 6.45) is 11.1. The van der Waals surface area contributed by atoms with Gasteiger partial charge in [0, 0.05) is 10.6 Å². The zero-order valence-electron chi connectivity index (χ0n) is 11.5. The first kappa shape index (κ1) is 14.2. The molecule has 1 aliphatic rings. The lowest BCUT2D eigenvalue weighted by molar-refractivity contribution is 0.304. The second-order valence-electron chi connectivity index (χ2n) is 5.32. The summed E-state index contributed by atoms with van der Waals surface area (Å²) in [6.45, 7) is 2.30. The second-order valence-corrected chi connectivity index (χ2v) is 5.76. The van der Waals surface area contributed by atoms with Gasteiger partial charge < -0.3 is 0 Å². The first-order valence-corrected chi connectivity index (χ1v) is 7.59. The van der Waals surface area contributed by atoms with E-state index in [2.05, 4.69) is 24.8 Å². The van der Waals surface area contributed by atoms with Crippen molar-refractivity contribution in [2.75, 3.05) is 0 Å². The van der Waals surface area contributed by atoms with E-state index in [1.165, 1.54) is 32.1 Å². The largest absolute Gasteiger partial charge is 0.0843 e. The maximum absolute atomic E-state index is 5.84. The third-order valence-electron chi connectivity index (χ3n) is 3.98. The summed E-state index contributed by atoms with van der Waals surface area (Å²) >= 11 is 5.84. The molecule has 0 amide bonds. The molecule has 0 saturated heterocycles. The lowest BCUT2D eigenvalue weighted by atomic mass is 9.81. The Labute approximate surface area is 121 Å². The van der Waals surface area contributed by atoms with Crippen LogP contribution in [-0.2, 0) is 0 Å². The molecule has 0 spiro atoms. The van der Waals surface area contributed by atoms with Crippen molar-refractivity contribution < 1.29 is 0 Å². The molecule has 1 aromatic rings. The quantitative estimate of drug-likeness (QED) is 0.627. The Bertz CT molecular complexity index is 465. The van der Waals surface area contributed by atoms with E-state index in [0.29, 0.717) is 0 Å². The first-order valence-electron chi connectivity index (χ1n) is 7.21. The second kappa shape index (κ2) is 7.41.